The number of thioether (sulfide) groups is 1. The van der Waals surface area contributed by atoms with Gasteiger partial charge in [-0.3, -0.25) is 14.3 Å². The van der Waals surface area contributed by atoms with Crippen molar-refractivity contribution >= 4 is 17.7 Å². The van der Waals surface area contributed by atoms with Crippen LogP contribution in [-0.4, -0.2) is 69.0 Å². The molecule has 2 aliphatic heterocycles. The van der Waals surface area contributed by atoms with Gasteiger partial charge >= 0.3 is 0 Å². The Morgan fingerprint density at radius 3 is 2.74 bits per heavy atom. The van der Waals surface area contributed by atoms with Gasteiger partial charge in [0.1, 0.15) is 12.1 Å². The number of hydrogen-bond acceptors (Lipinski definition) is 6. The average molecular weight is 436 g/mol. The number of ether oxygens (including phenoxy) is 1. The summed E-state index contributed by atoms with van der Waals surface area (Å²) in [5, 5.41) is 8.93. The van der Waals surface area contributed by atoms with Crippen molar-refractivity contribution < 1.29 is 9.53 Å². The maximum absolute atomic E-state index is 12.7. The van der Waals surface area contributed by atoms with Gasteiger partial charge < -0.3 is 9.64 Å². The molecule has 0 N–H and O–H groups in total. The van der Waals surface area contributed by atoms with Gasteiger partial charge in [0.25, 0.3) is 0 Å². The summed E-state index contributed by atoms with van der Waals surface area (Å²) in [4.78, 5) is 17.1. The molecule has 0 aliphatic carbocycles. The zero-order valence-corrected chi connectivity index (χ0v) is 18.1. The molecular formula is C23H25N5O2S. The maximum atomic E-state index is 12.7. The fourth-order valence-corrected chi connectivity index (χ4v) is 4.89. The minimum absolute atomic E-state index is 0.155. The molecule has 2 aliphatic rings. The van der Waals surface area contributed by atoms with Crippen LogP contribution in [0.2, 0.25) is 0 Å². The number of fused-ring (bicyclic) bond motifs is 1. The highest BCUT2D eigenvalue weighted by molar-refractivity contribution is 7.99. The number of rotatable bonds is 6. The standard InChI is InChI=1S/C23H25N5O2S/c29-22(16-31-23-25-24-17-28(23)20-4-2-1-3-5-20)27-11-9-26(10-12-27)15-18-6-7-21-19(14-18)8-13-30-21/h1-7,14,17H,8-13,15-16H2. The van der Waals surface area contributed by atoms with Crippen LogP contribution in [0, 0.1) is 0 Å². The predicted molar refractivity (Wildman–Crippen MR) is 120 cm³/mol. The number of aromatic nitrogens is 3. The second-order valence-corrected chi connectivity index (χ2v) is 8.75. The largest absolute Gasteiger partial charge is 0.493 e. The lowest BCUT2D eigenvalue weighted by Crippen LogP contribution is -2.48. The van der Waals surface area contributed by atoms with Crippen molar-refractivity contribution in [3.63, 3.8) is 0 Å². The molecule has 8 heteroatoms. The molecule has 1 aromatic heterocycles. The van der Waals surface area contributed by atoms with E-state index in [1.807, 2.05) is 39.8 Å². The Hall–Kier alpha value is -2.84. The van der Waals surface area contributed by atoms with Gasteiger partial charge in [-0.25, -0.2) is 0 Å². The predicted octanol–water partition coefficient (Wildman–Crippen LogP) is 2.64. The van der Waals surface area contributed by atoms with Crippen molar-refractivity contribution in [2.45, 2.75) is 18.1 Å². The summed E-state index contributed by atoms with van der Waals surface area (Å²) in [6.07, 6.45) is 2.69. The monoisotopic (exact) mass is 435 g/mol. The summed E-state index contributed by atoms with van der Waals surface area (Å²) in [6.45, 7) is 5.02. The number of carbonyl (C=O) groups is 1. The molecule has 5 rings (SSSR count). The van der Waals surface area contributed by atoms with Crippen molar-refractivity contribution in [3.8, 4) is 11.4 Å². The molecule has 2 aromatic carbocycles. The molecule has 1 fully saturated rings. The molecule has 3 heterocycles. The first-order chi connectivity index (χ1) is 15.3. The second-order valence-electron chi connectivity index (χ2n) is 7.81. The van der Waals surface area contributed by atoms with Gasteiger partial charge in [-0.1, -0.05) is 42.1 Å². The molecule has 0 bridgehead atoms. The molecule has 7 nitrogen and oxygen atoms in total. The molecule has 0 radical (unpaired) electrons. The summed E-state index contributed by atoms with van der Waals surface area (Å²) < 4.78 is 7.51. The van der Waals surface area contributed by atoms with Gasteiger partial charge in [-0.05, 0) is 29.3 Å². The van der Waals surface area contributed by atoms with E-state index in [1.165, 1.54) is 22.9 Å². The highest BCUT2D eigenvalue weighted by Crippen LogP contribution is 2.26. The molecular weight excluding hydrogens is 410 g/mol. The van der Waals surface area contributed by atoms with Gasteiger partial charge in [0.2, 0.25) is 5.91 Å². The molecule has 160 valence electrons. The lowest BCUT2D eigenvalue weighted by atomic mass is 10.1. The first-order valence-electron chi connectivity index (χ1n) is 10.6. The van der Waals surface area contributed by atoms with Crippen molar-refractivity contribution in [1.82, 2.24) is 24.6 Å². The molecule has 0 atom stereocenters. The quantitative estimate of drug-likeness (QED) is 0.555. The molecule has 1 saturated heterocycles. The number of nitrogens with zero attached hydrogens (tertiary/aromatic N) is 5. The minimum atomic E-state index is 0.155. The van der Waals surface area contributed by atoms with Crippen LogP contribution in [0.25, 0.3) is 5.69 Å². The zero-order valence-electron chi connectivity index (χ0n) is 17.3. The number of benzene rings is 2. The number of para-hydroxylation sites is 1. The summed E-state index contributed by atoms with van der Waals surface area (Å²) >= 11 is 1.44. The number of hydrogen-bond donors (Lipinski definition) is 0. The Labute approximate surface area is 186 Å². The second kappa shape index (κ2) is 9.11. The topological polar surface area (TPSA) is 63.5 Å². The average Bonchev–Trinajstić information content (AvgIpc) is 3.47. The molecule has 0 spiro atoms. The maximum Gasteiger partial charge on any atom is 0.233 e. The van der Waals surface area contributed by atoms with E-state index in [1.54, 1.807) is 6.33 Å². The SMILES string of the molecule is O=C(CSc1nncn1-c1ccccc1)N1CCN(Cc2ccc3c(c2)CCO3)CC1. The van der Waals surface area contributed by atoms with Gasteiger partial charge in [-0.15, -0.1) is 10.2 Å². The zero-order chi connectivity index (χ0) is 21.0. The Balaban J connectivity index is 1.11. The minimum Gasteiger partial charge on any atom is -0.493 e. The van der Waals surface area contributed by atoms with E-state index in [4.69, 9.17) is 4.74 Å². The van der Waals surface area contributed by atoms with Crippen molar-refractivity contribution in [2.24, 2.45) is 0 Å². The lowest BCUT2D eigenvalue weighted by molar-refractivity contribution is -0.130. The van der Waals surface area contributed by atoms with Gasteiger partial charge in [0.05, 0.1) is 12.4 Å². The molecule has 1 amide bonds. The first-order valence-corrected chi connectivity index (χ1v) is 11.6. The highest BCUT2D eigenvalue weighted by atomic mass is 32.2. The summed E-state index contributed by atoms with van der Waals surface area (Å²) in [5.41, 5.74) is 3.63. The molecule has 0 unspecified atom stereocenters. The molecule has 0 saturated carbocycles. The van der Waals surface area contributed by atoms with Gasteiger partial charge in [0.15, 0.2) is 5.16 Å². The van der Waals surface area contributed by atoms with E-state index >= 15 is 0 Å². The van der Waals surface area contributed by atoms with Crippen LogP contribution in [0.15, 0.2) is 60.0 Å². The fraction of sp³-hybridized carbons (Fsp3) is 0.348. The van der Waals surface area contributed by atoms with Crippen LogP contribution < -0.4 is 4.74 Å². The van der Waals surface area contributed by atoms with E-state index in [9.17, 15) is 4.79 Å². The van der Waals surface area contributed by atoms with Crippen molar-refractivity contribution in [1.29, 1.82) is 0 Å². The van der Waals surface area contributed by atoms with E-state index in [0.29, 0.717) is 5.75 Å². The number of amides is 1. The van der Waals surface area contributed by atoms with Crippen molar-refractivity contribution in [2.75, 3.05) is 38.5 Å². The Bertz CT molecular complexity index is 1050. The van der Waals surface area contributed by atoms with E-state index in [2.05, 4.69) is 33.3 Å². The van der Waals surface area contributed by atoms with Crippen LogP contribution in [0.3, 0.4) is 0 Å². The van der Waals surface area contributed by atoms with E-state index in [-0.39, 0.29) is 5.91 Å². The van der Waals surface area contributed by atoms with Crippen LogP contribution in [0.1, 0.15) is 11.1 Å². The lowest BCUT2D eigenvalue weighted by Gasteiger charge is -2.34. The highest BCUT2D eigenvalue weighted by Gasteiger charge is 2.22. The first kappa shape index (κ1) is 20.1. The van der Waals surface area contributed by atoms with Crippen LogP contribution >= 0.6 is 11.8 Å². The normalized spacial score (nSPS) is 16.2. The summed E-state index contributed by atoms with van der Waals surface area (Å²) in [7, 11) is 0. The Morgan fingerprint density at radius 1 is 1.06 bits per heavy atom. The van der Waals surface area contributed by atoms with E-state index < -0.39 is 0 Å². The van der Waals surface area contributed by atoms with Crippen molar-refractivity contribution in [3.05, 3.63) is 66.0 Å². The van der Waals surface area contributed by atoms with Gasteiger partial charge in [-0.2, -0.15) is 0 Å². The third-order valence-electron chi connectivity index (χ3n) is 5.76. The Morgan fingerprint density at radius 2 is 1.90 bits per heavy atom. The third kappa shape index (κ3) is 4.60. The van der Waals surface area contributed by atoms with Crippen LogP contribution in [-0.2, 0) is 17.8 Å². The fourth-order valence-electron chi connectivity index (χ4n) is 4.06. The molecule has 31 heavy (non-hydrogen) atoms. The third-order valence-corrected chi connectivity index (χ3v) is 6.69. The number of piperazine rings is 1. The number of carbonyl (C=O) groups excluding carboxylic acids is 1. The summed E-state index contributed by atoms with van der Waals surface area (Å²) in [6, 6.07) is 16.4. The molecule has 3 aromatic rings. The Kier molecular flexibility index (Phi) is 5.90. The smallest absolute Gasteiger partial charge is 0.233 e. The van der Waals surface area contributed by atoms with Crippen LogP contribution in [0.4, 0.5) is 0 Å². The summed E-state index contributed by atoms with van der Waals surface area (Å²) in [5.74, 6) is 1.55. The van der Waals surface area contributed by atoms with E-state index in [0.717, 1.165) is 62.3 Å². The van der Waals surface area contributed by atoms with Crippen LogP contribution in [0.5, 0.6) is 5.75 Å². The van der Waals surface area contributed by atoms with Gasteiger partial charge in [0, 0.05) is 44.8 Å².